The van der Waals surface area contributed by atoms with E-state index in [1.165, 1.54) is 12.1 Å². The van der Waals surface area contributed by atoms with E-state index in [1.54, 1.807) is 29.2 Å². The Kier molecular flexibility index (Phi) is 6.76. The Labute approximate surface area is 235 Å². The maximum absolute atomic E-state index is 13.9. The molecule has 0 aromatic heterocycles. The number of aryl methyl sites for hydroxylation is 1. The number of anilines is 1. The van der Waals surface area contributed by atoms with Crippen molar-refractivity contribution in [2.45, 2.75) is 39.5 Å². The van der Waals surface area contributed by atoms with Crippen molar-refractivity contribution >= 4 is 44.7 Å². The fraction of sp³-hybridized carbons (Fsp3) is 0.226. The van der Waals surface area contributed by atoms with Crippen molar-refractivity contribution in [2.75, 3.05) is 4.90 Å². The Morgan fingerprint density at radius 3 is 2.23 bits per heavy atom. The number of ketones is 1. The number of allylic oxidation sites excluding steroid dienone is 2. The molecule has 3 aromatic carbocycles. The van der Waals surface area contributed by atoms with Crippen LogP contribution in [0.5, 0.6) is 0 Å². The number of carbonyl (C=O) groups is 1. The number of amidine groups is 1. The fourth-order valence-corrected chi connectivity index (χ4v) is 5.74. The second-order valence-electron chi connectivity index (χ2n) is 10.9. The lowest BCUT2D eigenvalue weighted by molar-refractivity contribution is -0.384. The minimum atomic E-state index is -0.759. The first kappa shape index (κ1) is 26.6. The first-order valence-electron chi connectivity index (χ1n) is 12.6. The molecule has 8 heteroatoms. The average Bonchev–Trinajstić information content (AvgIpc) is 2.88. The summed E-state index contributed by atoms with van der Waals surface area (Å²) in [4.78, 5) is 26.6. The molecular weight excluding hydrogens is 558 g/mol. The topological polar surface area (TPSA) is 108 Å². The summed E-state index contributed by atoms with van der Waals surface area (Å²) in [6.07, 6.45) is 0.865. The summed E-state index contributed by atoms with van der Waals surface area (Å²) >= 11 is 3.47. The highest BCUT2D eigenvalue weighted by atomic mass is 79.9. The number of halogens is 1. The predicted octanol–water partition coefficient (Wildman–Crippen LogP) is 7.86. The molecule has 3 aromatic rings. The van der Waals surface area contributed by atoms with Gasteiger partial charge in [0.05, 0.1) is 4.92 Å². The van der Waals surface area contributed by atoms with Gasteiger partial charge in [0.1, 0.15) is 11.6 Å². The number of aliphatic hydroxyl groups is 1. The number of hydrogen-bond donors (Lipinski definition) is 2. The first-order chi connectivity index (χ1) is 18.5. The minimum Gasteiger partial charge on any atom is -0.507 e. The van der Waals surface area contributed by atoms with E-state index < -0.39 is 10.8 Å². The standard InChI is InChI=1S/C31H28BrN3O4/c1-18-4-6-20(7-5-18)29(37)28-26(19-8-12-23(13-9-19)35(38)39)27-24(16-31(2,3)17-25(27)36)34(30(28)33)22-14-10-21(32)11-15-22/h4-15,26,33,37H,16-17H2,1-3H3/b29-28+,33-30?. The molecule has 2 N–H and O–H groups in total. The highest BCUT2D eigenvalue weighted by Crippen LogP contribution is 2.51. The molecular formula is C31H28BrN3O4. The van der Waals surface area contributed by atoms with Gasteiger partial charge in [0.25, 0.3) is 5.69 Å². The number of nitrogens with zero attached hydrogens (tertiary/aromatic N) is 2. The highest BCUT2D eigenvalue weighted by molar-refractivity contribution is 9.10. The number of hydrogen-bond acceptors (Lipinski definition) is 5. The molecule has 7 nitrogen and oxygen atoms in total. The highest BCUT2D eigenvalue weighted by Gasteiger charge is 2.46. The van der Waals surface area contributed by atoms with E-state index in [2.05, 4.69) is 15.9 Å². The van der Waals surface area contributed by atoms with Gasteiger partial charge in [-0.2, -0.15) is 0 Å². The normalized spacial score (nSPS) is 20.1. The Morgan fingerprint density at radius 1 is 1.03 bits per heavy atom. The molecule has 0 spiro atoms. The van der Waals surface area contributed by atoms with Crippen LogP contribution in [0.2, 0.25) is 0 Å². The van der Waals surface area contributed by atoms with Crippen LogP contribution in [0.25, 0.3) is 5.76 Å². The van der Waals surface area contributed by atoms with Gasteiger partial charge in [-0.3, -0.25) is 25.2 Å². The smallest absolute Gasteiger partial charge is 0.269 e. The third-order valence-corrected chi connectivity index (χ3v) is 7.85. The van der Waals surface area contributed by atoms with Crippen LogP contribution in [0.1, 0.15) is 49.3 Å². The Bertz CT molecular complexity index is 1550. The molecule has 0 saturated carbocycles. The number of aliphatic hydroxyl groups excluding tert-OH is 1. The van der Waals surface area contributed by atoms with Gasteiger partial charge >= 0.3 is 0 Å². The summed E-state index contributed by atoms with van der Waals surface area (Å²) in [6, 6.07) is 20.9. The van der Waals surface area contributed by atoms with Crippen LogP contribution in [-0.2, 0) is 4.79 Å². The number of Topliss-reactive ketones (excluding diaryl/α,β-unsaturated/α-hetero) is 1. The van der Waals surface area contributed by atoms with E-state index >= 15 is 0 Å². The van der Waals surface area contributed by atoms with Gasteiger partial charge < -0.3 is 5.11 Å². The fourth-order valence-electron chi connectivity index (χ4n) is 5.48. The van der Waals surface area contributed by atoms with E-state index in [4.69, 9.17) is 0 Å². The Balaban J connectivity index is 1.83. The third kappa shape index (κ3) is 4.92. The maximum atomic E-state index is 13.9. The minimum absolute atomic E-state index is 0.0583. The number of carbonyl (C=O) groups excluding carboxylic acids is 1. The molecule has 1 aliphatic heterocycles. The van der Waals surface area contributed by atoms with Crippen LogP contribution >= 0.6 is 15.9 Å². The SMILES string of the molecule is Cc1ccc(/C(O)=C2\C(=N)N(c3ccc(Br)cc3)C3=C(C(=O)CC(C)(C)C3)C2c2ccc([N+](=O)[O-])cc2)cc1. The molecule has 5 rings (SSSR count). The zero-order valence-electron chi connectivity index (χ0n) is 21.9. The van der Waals surface area contributed by atoms with Gasteiger partial charge in [0, 0.05) is 57.0 Å². The van der Waals surface area contributed by atoms with Crippen LogP contribution in [-0.4, -0.2) is 21.6 Å². The molecule has 0 radical (unpaired) electrons. The molecule has 39 heavy (non-hydrogen) atoms. The van der Waals surface area contributed by atoms with Crippen molar-refractivity contribution in [3.8, 4) is 0 Å². The monoisotopic (exact) mass is 585 g/mol. The predicted molar refractivity (Wildman–Crippen MR) is 156 cm³/mol. The number of non-ortho nitro benzene ring substituents is 1. The van der Waals surface area contributed by atoms with Gasteiger partial charge in [-0.25, -0.2) is 0 Å². The average molecular weight is 586 g/mol. The van der Waals surface area contributed by atoms with Crippen LogP contribution in [0.3, 0.4) is 0 Å². The number of rotatable bonds is 4. The second kappa shape index (κ2) is 9.93. The lowest BCUT2D eigenvalue weighted by Crippen LogP contribution is -2.45. The quantitative estimate of drug-likeness (QED) is 0.184. The molecule has 1 aliphatic carbocycles. The van der Waals surface area contributed by atoms with E-state index in [0.29, 0.717) is 40.9 Å². The molecule has 0 amide bonds. The molecule has 198 valence electrons. The number of nitro benzene ring substituents is 1. The Hall–Kier alpha value is -4.04. The van der Waals surface area contributed by atoms with Crippen LogP contribution in [0.4, 0.5) is 11.4 Å². The molecule has 0 saturated heterocycles. The summed E-state index contributed by atoms with van der Waals surface area (Å²) in [5.41, 5.74) is 3.96. The van der Waals surface area contributed by atoms with Crippen molar-refractivity contribution in [3.05, 3.63) is 121 Å². The lowest BCUT2D eigenvalue weighted by atomic mass is 9.67. The van der Waals surface area contributed by atoms with Gasteiger partial charge in [-0.15, -0.1) is 0 Å². The van der Waals surface area contributed by atoms with Gasteiger partial charge in [0.15, 0.2) is 5.78 Å². The second-order valence-corrected chi connectivity index (χ2v) is 11.8. The van der Waals surface area contributed by atoms with E-state index in [-0.39, 0.29) is 34.1 Å². The first-order valence-corrected chi connectivity index (χ1v) is 13.4. The van der Waals surface area contributed by atoms with E-state index in [9.17, 15) is 25.4 Å². The molecule has 1 heterocycles. The molecule has 0 fully saturated rings. The van der Waals surface area contributed by atoms with E-state index in [1.807, 2.05) is 57.2 Å². The van der Waals surface area contributed by atoms with Crippen molar-refractivity contribution in [2.24, 2.45) is 5.41 Å². The van der Waals surface area contributed by atoms with Crippen molar-refractivity contribution in [1.82, 2.24) is 0 Å². The van der Waals surface area contributed by atoms with Crippen molar-refractivity contribution < 1.29 is 14.8 Å². The summed E-state index contributed by atoms with van der Waals surface area (Å²) < 4.78 is 0.881. The summed E-state index contributed by atoms with van der Waals surface area (Å²) in [5, 5.41) is 32.5. The largest absolute Gasteiger partial charge is 0.507 e. The maximum Gasteiger partial charge on any atom is 0.269 e. The van der Waals surface area contributed by atoms with Gasteiger partial charge in [-0.1, -0.05) is 71.7 Å². The van der Waals surface area contributed by atoms with Gasteiger partial charge in [-0.05, 0) is 48.6 Å². The molecule has 2 aliphatic rings. The number of nitro groups is 1. The Morgan fingerprint density at radius 2 is 1.64 bits per heavy atom. The van der Waals surface area contributed by atoms with Crippen molar-refractivity contribution in [1.29, 1.82) is 5.41 Å². The molecule has 0 bridgehead atoms. The van der Waals surface area contributed by atoms with E-state index in [0.717, 1.165) is 10.0 Å². The van der Waals surface area contributed by atoms with Crippen molar-refractivity contribution in [3.63, 3.8) is 0 Å². The molecule has 1 atom stereocenters. The third-order valence-electron chi connectivity index (χ3n) is 7.32. The molecule has 1 unspecified atom stereocenters. The summed E-state index contributed by atoms with van der Waals surface area (Å²) in [5.74, 6) is -0.865. The zero-order chi connectivity index (χ0) is 28.1. The van der Waals surface area contributed by atoms with Gasteiger partial charge in [0.2, 0.25) is 0 Å². The van der Waals surface area contributed by atoms with Crippen LogP contribution < -0.4 is 4.90 Å². The van der Waals surface area contributed by atoms with Crippen LogP contribution in [0.15, 0.2) is 94.1 Å². The lowest BCUT2D eigenvalue weighted by Gasteiger charge is -2.45. The number of nitrogens with one attached hydrogen (secondary N) is 1. The van der Waals surface area contributed by atoms with Crippen LogP contribution in [0, 0.1) is 27.9 Å². The summed E-state index contributed by atoms with van der Waals surface area (Å²) in [7, 11) is 0. The number of benzene rings is 3. The summed E-state index contributed by atoms with van der Waals surface area (Å²) in [6.45, 7) is 6.02. The zero-order valence-corrected chi connectivity index (χ0v) is 23.5.